The lowest BCUT2D eigenvalue weighted by Crippen LogP contribution is -2.46. The average Bonchev–Trinajstić information content (AvgIpc) is 2.30. The molecule has 1 aromatic carbocycles. The van der Waals surface area contributed by atoms with Crippen LogP contribution in [0.25, 0.3) is 0 Å². The molecule has 3 amide bonds. The molecule has 0 spiro atoms. The van der Waals surface area contributed by atoms with Crippen LogP contribution in [0.4, 0.5) is 10.5 Å². The molecule has 0 bridgehead atoms. The maximum atomic E-state index is 12.1. The molecule has 1 rings (SSSR count). The van der Waals surface area contributed by atoms with Crippen LogP contribution in [0.15, 0.2) is 24.3 Å². The molecule has 0 saturated carbocycles. The maximum Gasteiger partial charge on any atom is 0.312 e. The number of anilines is 1. The van der Waals surface area contributed by atoms with E-state index < -0.39 is 12.1 Å². The molecule has 104 valence electrons. The van der Waals surface area contributed by atoms with E-state index in [1.807, 2.05) is 13.8 Å². The molecule has 1 unspecified atom stereocenters. The highest BCUT2D eigenvalue weighted by Crippen LogP contribution is 2.14. The first-order valence-corrected chi connectivity index (χ1v) is 6.38. The maximum absolute atomic E-state index is 12.1. The van der Waals surface area contributed by atoms with Crippen molar-refractivity contribution in [2.45, 2.75) is 26.3 Å². The van der Waals surface area contributed by atoms with E-state index in [1.165, 1.54) is 0 Å². The topological polar surface area (TPSA) is 84.2 Å². The van der Waals surface area contributed by atoms with Gasteiger partial charge in [-0.05, 0) is 36.6 Å². The third-order valence-electron chi connectivity index (χ3n) is 2.45. The fraction of sp³-hybridized carbons (Fsp3) is 0.385. The number of rotatable bonds is 5. The van der Waals surface area contributed by atoms with Crippen molar-refractivity contribution in [3.05, 3.63) is 29.3 Å². The monoisotopic (exact) mass is 283 g/mol. The van der Waals surface area contributed by atoms with Crippen LogP contribution in [-0.2, 0) is 4.79 Å². The first-order valence-electron chi connectivity index (χ1n) is 6.01. The van der Waals surface area contributed by atoms with E-state index in [0.717, 1.165) is 0 Å². The number of hydrogen-bond acceptors (Lipinski definition) is 2. The van der Waals surface area contributed by atoms with Gasteiger partial charge in [-0.25, -0.2) is 4.79 Å². The van der Waals surface area contributed by atoms with E-state index in [4.69, 9.17) is 17.3 Å². The quantitative estimate of drug-likeness (QED) is 0.775. The van der Waals surface area contributed by atoms with Gasteiger partial charge >= 0.3 is 6.03 Å². The van der Waals surface area contributed by atoms with Crippen LogP contribution in [0.1, 0.15) is 20.3 Å². The molecule has 0 radical (unpaired) electrons. The normalized spacial score (nSPS) is 12.0. The van der Waals surface area contributed by atoms with Crippen molar-refractivity contribution in [2.24, 2.45) is 11.7 Å². The second-order valence-corrected chi connectivity index (χ2v) is 5.12. The molecule has 0 saturated heterocycles. The minimum Gasteiger partial charge on any atom is -0.352 e. The van der Waals surface area contributed by atoms with Gasteiger partial charge in [0, 0.05) is 10.7 Å². The number of carbonyl (C=O) groups excluding carboxylic acids is 2. The molecule has 0 aliphatic rings. The number of amides is 3. The SMILES string of the molecule is CC(C)CC(NC(N)=O)C(=O)Nc1ccc(Cl)cc1. The standard InChI is InChI=1S/C13H18ClN3O2/c1-8(2)7-11(17-13(15)19)12(18)16-10-5-3-9(14)4-6-10/h3-6,8,11H,7H2,1-2H3,(H,16,18)(H3,15,17,19). The Morgan fingerprint density at radius 1 is 1.26 bits per heavy atom. The summed E-state index contributed by atoms with van der Waals surface area (Å²) in [7, 11) is 0. The van der Waals surface area contributed by atoms with Gasteiger partial charge in [0.25, 0.3) is 0 Å². The van der Waals surface area contributed by atoms with Gasteiger partial charge in [-0.15, -0.1) is 0 Å². The summed E-state index contributed by atoms with van der Waals surface area (Å²) in [5.41, 5.74) is 5.69. The molecule has 0 aliphatic carbocycles. The number of halogens is 1. The number of nitrogens with two attached hydrogens (primary N) is 1. The second-order valence-electron chi connectivity index (χ2n) is 4.69. The number of hydrogen-bond donors (Lipinski definition) is 3. The molecule has 19 heavy (non-hydrogen) atoms. The van der Waals surface area contributed by atoms with Gasteiger partial charge < -0.3 is 16.4 Å². The smallest absolute Gasteiger partial charge is 0.312 e. The molecule has 4 N–H and O–H groups in total. The fourth-order valence-electron chi connectivity index (χ4n) is 1.64. The van der Waals surface area contributed by atoms with Crippen LogP contribution in [0.2, 0.25) is 5.02 Å². The summed E-state index contributed by atoms with van der Waals surface area (Å²) in [5.74, 6) is -0.0392. The third kappa shape index (κ3) is 5.61. The molecular formula is C13H18ClN3O2. The number of carbonyl (C=O) groups is 2. The van der Waals surface area contributed by atoms with E-state index in [9.17, 15) is 9.59 Å². The van der Waals surface area contributed by atoms with Crippen LogP contribution in [0.3, 0.4) is 0 Å². The Kier molecular flexibility index (Phi) is 5.63. The molecule has 0 aromatic heterocycles. The summed E-state index contributed by atoms with van der Waals surface area (Å²) in [6.45, 7) is 3.93. The Morgan fingerprint density at radius 3 is 2.32 bits per heavy atom. The third-order valence-corrected chi connectivity index (χ3v) is 2.70. The van der Waals surface area contributed by atoms with Crippen molar-refractivity contribution in [3.8, 4) is 0 Å². The van der Waals surface area contributed by atoms with Gasteiger partial charge in [0.15, 0.2) is 0 Å². The van der Waals surface area contributed by atoms with E-state index in [2.05, 4.69) is 10.6 Å². The van der Waals surface area contributed by atoms with E-state index in [0.29, 0.717) is 17.1 Å². The molecule has 0 heterocycles. The van der Waals surface area contributed by atoms with Crippen molar-refractivity contribution in [2.75, 3.05) is 5.32 Å². The zero-order chi connectivity index (χ0) is 14.4. The van der Waals surface area contributed by atoms with Gasteiger partial charge in [0.05, 0.1) is 0 Å². The van der Waals surface area contributed by atoms with Gasteiger partial charge in [-0.3, -0.25) is 4.79 Å². The Balaban J connectivity index is 2.70. The van der Waals surface area contributed by atoms with Crippen LogP contribution < -0.4 is 16.4 Å². The minimum absolute atomic E-state index is 0.257. The van der Waals surface area contributed by atoms with Gasteiger partial charge in [-0.1, -0.05) is 25.4 Å². The molecule has 0 fully saturated rings. The Labute approximate surface area is 117 Å². The average molecular weight is 284 g/mol. The van der Waals surface area contributed by atoms with E-state index in [-0.39, 0.29) is 11.8 Å². The molecule has 6 heteroatoms. The lowest BCUT2D eigenvalue weighted by molar-refractivity contribution is -0.118. The number of nitrogens with one attached hydrogen (secondary N) is 2. The molecule has 1 aromatic rings. The Morgan fingerprint density at radius 2 is 1.84 bits per heavy atom. The highest BCUT2D eigenvalue weighted by molar-refractivity contribution is 6.30. The molecule has 5 nitrogen and oxygen atoms in total. The van der Waals surface area contributed by atoms with Crippen molar-refractivity contribution in [1.29, 1.82) is 0 Å². The Bertz CT molecular complexity index is 446. The summed E-state index contributed by atoms with van der Waals surface area (Å²) in [4.78, 5) is 23.0. The Hall–Kier alpha value is -1.75. The van der Waals surface area contributed by atoms with Crippen molar-refractivity contribution < 1.29 is 9.59 Å². The van der Waals surface area contributed by atoms with Gasteiger partial charge in [-0.2, -0.15) is 0 Å². The number of urea groups is 1. The van der Waals surface area contributed by atoms with Crippen molar-refractivity contribution in [1.82, 2.24) is 5.32 Å². The first-order chi connectivity index (χ1) is 8.88. The molecular weight excluding hydrogens is 266 g/mol. The second kappa shape index (κ2) is 6.99. The fourth-order valence-corrected chi connectivity index (χ4v) is 1.76. The van der Waals surface area contributed by atoms with Gasteiger partial charge in [0.1, 0.15) is 6.04 Å². The van der Waals surface area contributed by atoms with Crippen LogP contribution in [0, 0.1) is 5.92 Å². The van der Waals surface area contributed by atoms with Crippen LogP contribution in [0.5, 0.6) is 0 Å². The summed E-state index contributed by atoms with van der Waals surface area (Å²) in [6, 6.07) is 5.38. The van der Waals surface area contributed by atoms with Gasteiger partial charge in [0.2, 0.25) is 5.91 Å². The summed E-state index contributed by atoms with van der Waals surface area (Å²) < 4.78 is 0. The summed E-state index contributed by atoms with van der Waals surface area (Å²) in [5, 5.41) is 5.75. The minimum atomic E-state index is -0.711. The lowest BCUT2D eigenvalue weighted by atomic mass is 10.0. The predicted molar refractivity (Wildman–Crippen MR) is 76.0 cm³/mol. The van der Waals surface area contributed by atoms with E-state index >= 15 is 0 Å². The summed E-state index contributed by atoms with van der Waals surface area (Å²) >= 11 is 5.76. The molecule has 0 aliphatic heterocycles. The van der Waals surface area contributed by atoms with Crippen molar-refractivity contribution >= 4 is 29.2 Å². The molecule has 1 atom stereocenters. The zero-order valence-electron chi connectivity index (χ0n) is 10.9. The zero-order valence-corrected chi connectivity index (χ0v) is 11.7. The van der Waals surface area contributed by atoms with Crippen LogP contribution in [-0.4, -0.2) is 18.0 Å². The van der Waals surface area contributed by atoms with E-state index in [1.54, 1.807) is 24.3 Å². The largest absolute Gasteiger partial charge is 0.352 e. The van der Waals surface area contributed by atoms with Crippen LogP contribution >= 0.6 is 11.6 Å². The highest BCUT2D eigenvalue weighted by atomic mass is 35.5. The first kappa shape index (κ1) is 15.3. The summed E-state index contributed by atoms with van der Waals surface area (Å²) in [6.07, 6.45) is 0.516. The number of benzene rings is 1. The predicted octanol–water partition coefficient (Wildman–Crippen LogP) is 2.36. The van der Waals surface area contributed by atoms with Crippen molar-refractivity contribution in [3.63, 3.8) is 0 Å². The highest BCUT2D eigenvalue weighted by Gasteiger charge is 2.20. The number of primary amides is 1. The lowest BCUT2D eigenvalue weighted by Gasteiger charge is -2.19.